The maximum Gasteiger partial charge on any atom is 0.126 e. The van der Waals surface area contributed by atoms with E-state index in [1.807, 2.05) is 0 Å². The largest absolute Gasteiger partial charge is 0.380 e. The summed E-state index contributed by atoms with van der Waals surface area (Å²) in [6.07, 6.45) is 5.00. The monoisotopic (exact) mass is 277 g/mol. The van der Waals surface area contributed by atoms with Gasteiger partial charge in [0, 0.05) is 31.9 Å². The molecule has 1 aromatic heterocycles. The quantitative estimate of drug-likeness (QED) is 0.728. The van der Waals surface area contributed by atoms with Crippen LogP contribution in [0.4, 0.5) is 5.82 Å². The molecule has 4 nitrogen and oxygen atoms in total. The van der Waals surface area contributed by atoms with Gasteiger partial charge >= 0.3 is 0 Å². The Kier molecular flexibility index (Phi) is 5.80. The summed E-state index contributed by atoms with van der Waals surface area (Å²) >= 11 is 0. The van der Waals surface area contributed by atoms with Crippen molar-refractivity contribution < 1.29 is 4.74 Å². The fraction of sp³-hybridized carbons (Fsp3) is 0.688. The molecule has 0 saturated heterocycles. The zero-order valence-electron chi connectivity index (χ0n) is 12.9. The predicted molar refractivity (Wildman–Crippen MR) is 83.1 cm³/mol. The fourth-order valence-corrected chi connectivity index (χ4v) is 2.11. The van der Waals surface area contributed by atoms with E-state index in [4.69, 9.17) is 4.74 Å². The van der Waals surface area contributed by atoms with Crippen molar-refractivity contribution in [1.29, 1.82) is 0 Å². The van der Waals surface area contributed by atoms with Gasteiger partial charge < -0.3 is 15.4 Å². The molecule has 1 aliphatic rings. The van der Waals surface area contributed by atoms with Gasteiger partial charge in [0.2, 0.25) is 0 Å². The molecule has 1 fully saturated rings. The van der Waals surface area contributed by atoms with Crippen LogP contribution in [0.15, 0.2) is 12.1 Å². The van der Waals surface area contributed by atoms with Crippen molar-refractivity contribution in [1.82, 2.24) is 10.3 Å². The highest BCUT2D eigenvalue weighted by molar-refractivity contribution is 5.40. The van der Waals surface area contributed by atoms with Crippen molar-refractivity contribution in [3.63, 3.8) is 0 Å². The molecule has 0 spiro atoms. The number of anilines is 1. The van der Waals surface area contributed by atoms with Crippen LogP contribution >= 0.6 is 0 Å². The molecule has 1 aromatic rings. The van der Waals surface area contributed by atoms with Gasteiger partial charge in [-0.15, -0.1) is 0 Å². The van der Waals surface area contributed by atoms with Gasteiger partial charge in [-0.3, -0.25) is 0 Å². The molecule has 20 heavy (non-hydrogen) atoms. The van der Waals surface area contributed by atoms with Gasteiger partial charge in [0.25, 0.3) is 0 Å². The van der Waals surface area contributed by atoms with Gasteiger partial charge in [-0.25, -0.2) is 4.98 Å². The molecule has 1 unspecified atom stereocenters. The number of hydrogen-bond donors (Lipinski definition) is 2. The third-order valence-corrected chi connectivity index (χ3v) is 3.59. The average molecular weight is 277 g/mol. The first-order valence-corrected chi connectivity index (χ1v) is 7.71. The van der Waals surface area contributed by atoms with Gasteiger partial charge in [-0.1, -0.05) is 13.3 Å². The highest BCUT2D eigenvalue weighted by Crippen LogP contribution is 2.20. The number of nitrogens with one attached hydrogen (secondary N) is 2. The van der Waals surface area contributed by atoms with E-state index in [0.29, 0.717) is 0 Å². The lowest BCUT2D eigenvalue weighted by molar-refractivity contribution is 0.128. The molecular weight excluding hydrogens is 250 g/mol. The molecule has 2 rings (SSSR count). The second kappa shape index (κ2) is 7.60. The maximum absolute atomic E-state index is 5.26. The summed E-state index contributed by atoms with van der Waals surface area (Å²) in [4.78, 5) is 4.68. The predicted octanol–water partition coefficient (Wildman–Crippen LogP) is 2.73. The van der Waals surface area contributed by atoms with Gasteiger partial charge in [0.15, 0.2) is 0 Å². The lowest BCUT2D eigenvalue weighted by Gasteiger charge is -2.14. The summed E-state index contributed by atoms with van der Waals surface area (Å²) in [5, 5.41) is 6.94. The molecule has 2 N–H and O–H groups in total. The van der Waals surface area contributed by atoms with E-state index in [9.17, 15) is 0 Å². The number of hydrogen-bond acceptors (Lipinski definition) is 4. The Balaban J connectivity index is 1.99. The summed E-state index contributed by atoms with van der Waals surface area (Å²) in [6, 6.07) is 5.11. The van der Waals surface area contributed by atoms with Crippen LogP contribution in [0.5, 0.6) is 0 Å². The highest BCUT2D eigenvalue weighted by Gasteiger charge is 2.20. The Hall–Kier alpha value is -1.13. The molecule has 0 aliphatic heterocycles. The number of pyridine rings is 1. The normalized spacial score (nSPS) is 16.1. The van der Waals surface area contributed by atoms with Crippen LogP contribution in [0.1, 0.15) is 44.4 Å². The standard InChI is InChI=1S/C16H27N3O/c1-4-5-15-8-13(11-17-14-6-7-14)9-16(19-15)18-10-12(2)20-3/h8-9,12,14,17H,4-7,10-11H2,1-3H3,(H,18,19). The molecule has 1 saturated carbocycles. The van der Waals surface area contributed by atoms with Gasteiger partial charge in [-0.2, -0.15) is 0 Å². The molecule has 1 aliphatic carbocycles. The fourth-order valence-electron chi connectivity index (χ4n) is 2.11. The number of ether oxygens (including phenoxy) is 1. The minimum Gasteiger partial charge on any atom is -0.380 e. The Bertz CT molecular complexity index is 418. The van der Waals surface area contributed by atoms with E-state index in [0.717, 1.165) is 37.8 Å². The van der Waals surface area contributed by atoms with Crippen LogP contribution < -0.4 is 10.6 Å². The Labute approximate surface area is 122 Å². The zero-order chi connectivity index (χ0) is 14.4. The van der Waals surface area contributed by atoms with Crippen molar-refractivity contribution in [3.05, 3.63) is 23.4 Å². The van der Waals surface area contributed by atoms with Crippen LogP contribution in [0.2, 0.25) is 0 Å². The molecule has 1 atom stereocenters. The van der Waals surface area contributed by atoms with E-state index < -0.39 is 0 Å². The molecule has 112 valence electrons. The molecule has 0 bridgehead atoms. The first kappa shape index (κ1) is 15.3. The van der Waals surface area contributed by atoms with Crippen molar-refractivity contribution in [3.8, 4) is 0 Å². The Morgan fingerprint density at radius 2 is 2.20 bits per heavy atom. The highest BCUT2D eigenvalue weighted by atomic mass is 16.5. The van der Waals surface area contributed by atoms with Crippen LogP contribution in [0, 0.1) is 0 Å². The summed E-state index contributed by atoms with van der Waals surface area (Å²) in [7, 11) is 1.73. The van der Waals surface area contributed by atoms with E-state index in [2.05, 4.69) is 41.6 Å². The third-order valence-electron chi connectivity index (χ3n) is 3.59. The molecule has 1 heterocycles. The number of methoxy groups -OCH3 is 1. The Morgan fingerprint density at radius 3 is 2.85 bits per heavy atom. The van der Waals surface area contributed by atoms with E-state index >= 15 is 0 Å². The number of rotatable bonds is 9. The summed E-state index contributed by atoms with van der Waals surface area (Å²) in [6.45, 7) is 5.97. The topological polar surface area (TPSA) is 46.2 Å². The van der Waals surface area contributed by atoms with E-state index in [1.54, 1.807) is 7.11 Å². The second-order valence-corrected chi connectivity index (χ2v) is 5.68. The molecule has 4 heteroatoms. The maximum atomic E-state index is 5.26. The van der Waals surface area contributed by atoms with E-state index in [1.165, 1.54) is 24.1 Å². The molecule has 0 amide bonds. The molecule has 0 aromatic carbocycles. The zero-order valence-corrected chi connectivity index (χ0v) is 12.9. The lowest BCUT2D eigenvalue weighted by atomic mass is 10.1. The average Bonchev–Trinajstić information content (AvgIpc) is 3.27. The summed E-state index contributed by atoms with van der Waals surface area (Å²) in [5.41, 5.74) is 2.50. The van der Waals surface area contributed by atoms with Gasteiger partial charge in [0.1, 0.15) is 5.82 Å². The smallest absolute Gasteiger partial charge is 0.126 e. The number of aromatic nitrogens is 1. The summed E-state index contributed by atoms with van der Waals surface area (Å²) < 4.78 is 5.26. The molecular formula is C16H27N3O. The van der Waals surface area contributed by atoms with Crippen molar-refractivity contribution in [2.75, 3.05) is 19.0 Å². The Morgan fingerprint density at radius 1 is 1.40 bits per heavy atom. The van der Waals surface area contributed by atoms with Gasteiger partial charge in [-0.05, 0) is 43.9 Å². The van der Waals surface area contributed by atoms with Crippen LogP contribution in [-0.4, -0.2) is 30.8 Å². The van der Waals surface area contributed by atoms with Crippen LogP contribution in [0.3, 0.4) is 0 Å². The number of nitrogens with zero attached hydrogens (tertiary/aromatic N) is 1. The van der Waals surface area contributed by atoms with Crippen LogP contribution in [0.25, 0.3) is 0 Å². The van der Waals surface area contributed by atoms with Crippen molar-refractivity contribution in [2.24, 2.45) is 0 Å². The summed E-state index contributed by atoms with van der Waals surface area (Å²) in [5.74, 6) is 0.965. The lowest BCUT2D eigenvalue weighted by Crippen LogP contribution is -2.20. The first-order chi connectivity index (χ1) is 9.71. The van der Waals surface area contributed by atoms with E-state index in [-0.39, 0.29) is 6.10 Å². The second-order valence-electron chi connectivity index (χ2n) is 5.68. The molecule has 0 radical (unpaired) electrons. The van der Waals surface area contributed by atoms with Crippen LogP contribution in [-0.2, 0) is 17.7 Å². The van der Waals surface area contributed by atoms with Crippen molar-refractivity contribution in [2.45, 2.75) is 58.2 Å². The first-order valence-electron chi connectivity index (χ1n) is 7.71. The SMILES string of the molecule is CCCc1cc(CNC2CC2)cc(NCC(C)OC)n1. The van der Waals surface area contributed by atoms with Gasteiger partial charge in [0.05, 0.1) is 6.10 Å². The number of aryl methyl sites for hydroxylation is 1. The van der Waals surface area contributed by atoms with Crippen molar-refractivity contribution >= 4 is 5.82 Å². The minimum atomic E-state index is 0.194. The minimum absolute atomic E-state index is 0.194. The third kappa shape index (κ3) is 5.10.